The van der Waals surface area contributed by atoms with Gasteiger partial charge in [-0.1, -0.05) is 71.7 Å². The minimum absolute atomic E-state index is 0.102. The number of rotatable bonds is 12. The molecular weight excluding hydrogens is 651 g/mol. The van der Waals surface area contributed by atoms with Crippen molar-refractivity contribution in [3.05, 3.63) is 135 Å². The van der Waals surface area contributed by atoms with Gasteiger partial charge in [0.15, 0.2) is 0 Å². The zero-order valence-electron chi connectivity index (χ0n) is 24.0. The standard InChI is InChI=1S/C34H28Cl2N2O5S2/c1-43-32-18-25(34(39)40)6-7-26(32)21-44-33(20-37-45(41,42)30-15-11-27(35)12-16-30)24-4-2-3-22(17-24)5-13-29-14-9-23-8-10-28(36)19-31(23)38-29/h2-19,33,37H,20-21H2,1H3,(H,39,40)/b13-5+. The Morgan fingerprint density at radius 3 is 2.47 bits per heavy atom. The van der Waals surface area contributed by atoms with Gasteiger partial charge >= 0.3 is 5.97 Å². The zero-order valence-corrected chi connectivity index (χ0v) is 27.1. The monoisotopic (exact) mass is 678 g/mol. The number of carboxylic acid groups (broad SMARTS) is 1. The molecule has 1 aromatic heterocycles. The molecule has 4 aromatic carbocycles. The third-order valence-electron chi connectivity index (χ3n) is 6.96. The zero-order chi connectivity index (χ0) is 32.0. The predicted molar refractivity (Wildman–Crippen MR) is 183 cm³/mol. The van der Waals surface area contributed by atoms with E-state index in [1.165, 1.54) is 55.3 Å². The third-order valence-corrected chi connectivity index (χ3v) is 10.2. The number of fused-ring (bicyclic) bond motifs is 1. The molecule has 0 aliphatic rings. The minimum atomic E-state index is -3.81. The van der Waals surface area contributed by atoms with Crippen LogP contribution in [0.2, 0.25) is 10.0 Å². The summed E-state index contributed by atoms with van der Waals surface area (Å²) in [7, 11) is -2.32. The van der Waals surface area contributed by atoms with Crippen LogP contribution in [0.15, 0.2) is 102 Å². The van der Waals surface area contributed by atoms with Gasteiger partial charge in [-0.05, 0) is 71.8 Å². The number of nitrogens with one attached hydrogen (secondary N) is 1. The summed E-state index contributed by atoms with van der Waals surface area (Å²) in [5.74, 6) is -0.154. The third kappa shape index (κ3) is 8.45. The molecule has 0 radical (unpaired) electrons. The second-order valence-corrected chi connectivity index (χ2v) is 13.8. The molecule has 11 heteroatoms. The highest BCUT2D eigenvalue weighted by Crippen LogP contribution is 2.35. The summed E-state index contributed by atoms with van der Waals surface area (Å²) in [6.07, 6.45) is 3.87. The number of hydrogen-bond acceptors (Lipinski definition) is 6. The molecular formula is C34H28Cl2N2O5S2. The first kappa shape index (κ1) is 32.5. The van der Waals surface area contributed by atoms with Crippen molar-refractivity contribution in [2.45, 2.75) is 15.9 Å². The molecule has 230 valence electrons. The van der Waals surface area contributed by atoms with E-state index in [1.54, 1.807) is 6.07 Å². The molecule has 1 heterocycles. The van der Waals surface area contributed by atoms with Gasteiger partial charge in [0.25, 0.3) is 0 Å². The number of sulfonamides is 1. The van der Waals surface area contributed by atoms with Crippen LogP contribution in [0.25, 0.3) is 23.1 Å². The fourth-order valence-electron chi connectivity index (χ4n) is 4.59. The topological polar surface area (TPSA) is 106 Å². The molecule has 0 aliphatic carbocycles. The van der Waals surface area contributed by atoms with Crippen LogP contribution in [0.5, 0.6) is 5.75 Å². The molecule has 0 bridgehead atoms. The van der Waals surface area contributed by atoms with Crippen LogP contribution in [0, 0.1) is 0 Å². The lowest BCUT2D eigenvalue weighted by molar-refractivity contribution is 0.0696. The van der Waals surface area contributed by atoms with E-state index in [2.05, 4.69) is 9.71 Å². The van der Waals surface area contributed by atoms with E-state index in [0.717, 1.165) is 33.3 Å². The van der Waals surface area contributed by atoms with E-state index in [0.29, 0.717) is 21.5 Å². The maximum atomic E-state index is 13.1. The van der Waals surface area contributed by atoms with Gasteiger partial charge in [0.05, 0.1) is 28.8 Å². The summed E-state index contributed by atoms with van der Waals surface area (Å²) in [5.41, 5.74) is 4.30. The van der Waals surface area contributed by atoms with Crippen LogP contribution in [0.4, 0.5) is 0 Å². The average molecular weight is 680 g/mol. The van der Waals surface area contributed by atoms with E-state index < -0.39 is 16.0 Å². The first-order valence-electron chi connectivity index (χ1n) is 13.7. The van der Waals surface area contributed by atoms with Crippen LogP contribution in [-0.4, -0.2) is 38.1 Å². The molecule has 0 spiro atoms. The van der Waals surface area contributed by atoms with Crippen molar-refractivity contribution >= 4 is 74.0 Å². The van der Waals surface area contributed by atoms with Gasteiger partial charge in [-0.3, -0.25) is 0 Å². The predicted octanol–water partition coefficient (Wildman–Crippen LogP) is 8.37. The fraction of sp³-hybridized carbons (Fsp3) is 0.118. The Hall–Kier alpha value is -3.86. The van der Waals surface area contributed by atoms with Crippen LogP contribution < -0.4 is 9.46 Å². The number of aromatic carboxylic acids is 1. The van der Waals surface area contributed by atoms with E-state index >= 15 is 0 Å². The molecule has 5 aromatic rings. The second kappa shape index (κ2) is 14.5. The van der Waals surface area contributed by atoms with Gasteiger partial charge in [0.1, 0.15) is 5.75 Å². The smallest absolute Gasteiger partial charge is 0.335 e. The lowest BCUT2D eigenvalue weighted by atomic mass is 10.1. The van der Waals surface area contributed by atoms with E-state index in [-0.39, 0.29) is 22.3 Å². The van der Waals surface area contributed by atoms with Crippen molar-refractivity contribution < 1.29 is 23.1 Å². The number of nitrogens with zero attached hydrogens (tertiary/aromatic N) is 1. The first-order valence-corrected chi connectivity index (χ1v) is 17.0. The number of pyridine rings is 1. The Labute approximate surface area is 275 Å². The van der Waals surface area contributed by atoms with Crippen LogP contribution in [0.1, 0.15) is 38.0 Å². The lowest BCUT2D eigenvalue weighted by Gasteiger charge is -2.19. The maximum absolute atomic E-state index is 13.1. The van der Waals surface area contributed by atoms with Crippen molar-refractivity contribution in [1.29, 1.82) is 0 Å². The number of carbonyl (C=O) groups is 1. The number of hydrogen-bond donors (Lipinski definition) is 2. The van der Waals surface area contributed by atoms with Gasteiger partial charge in [0, 0.05) is 38.5 Å². The van der Waals surface area contributed by atoms with Gasteiger partial charge in [-0.2, -0.15) is 0 Å². The first-order chi connectivity index (χ1) is 21.6. The molecule has 0 saturated carbocycles. The molecule has 0 amide bonds. The van der Waals surface area contributed by atoms with Gasteiger partial charge in [-0.15, -0.1) is 11.8 Å². The van der Waals surface area contributed by atoms with Crippen LogP contribution in [0.3, 0.4) is 0 Å². The number of halogens is 2. The molecule has 5 rings (SSSR count). The van der Waals surface area contributed by atoms with Gasteiger partial charge < -0.3 is 9.84 Å². The highest BCUT2D eigenvalue weighted by Gasteiger charge is 2.20. The van der Waals surface area contributed by atoms with Crippen molar-refractivity contribution in [2.75, 3.05) is 13.7 Å². The van der Waals surface area contributed by atoms with Gasteiger partial charge in [0.2, 0.25) is 10.0 Å². The summed E-state index contributed by atoms with van der Waals surface area (Å²) in [5, 5.41) is 11.1. The SMILES string of the molecule is COc1cc(C(=O)O)ccc1CSC(CNS(=O)(=O)c1ccc(Cl)cc1)c1cccc(/C=C/c2ccc3ccc(Cl)cc3n2)c1. The number of benzene rings is 4. The number of carboxylic acids is 1. The van der Waals surface area contributed by atoms with Gasteiger partial charge in [-0.25, -0.2) is 22.9 Å². The molecule has 1 atom stereocenters. The normalized spacial score (nSPS) is 12.4. The Kier molecular flexibility index (Phi) is 10.5. The Balaban J connectivity index is 1.40. The largest absolute Gasteiger partial charge is 0.496 e. The maximum Gasteiger partial charge on any atom is 0.335 e. The highest BCUT2D eigenvalue weighted by atomic mass is 35.5. The summed E-state index contributed by atoms with van der Waals surface area (Å²) in [4.78, 5) is 16.2. The van der Waals surface area contributed by atoms with Crippen molar-refractivity contribution in [3.8, 4) is 5.75 Å². The van der Waals surface area contributed by atoms with Crippen LogP contribution in [-0.2, 0) is 15.8 Å². The number of methoxy groups -OCH3 is 1. The molecule has 0 saturated heterocycles. The van der Waals surface area contributed by atoms with E-state index in [9.17, 15) is 18.3 Å². The second-order valence-electron chi connectivity index (χ2n) is 10.0. The van der Waals surface area contributed by atoms with Crippen molar-refractivity contribution in [2.24, 2.45) is 0 Å². The number of aromatic nitrogens is 1. The van der Waals surface area contributed by atoms with E-state index in [1.807, 2.05) is 66.7 Å². The molecule has 7 nitrogen and oxygen atoms in total. The molecule has 0 fully saturated rings. The molecule has 0 aliphatic heterocycles. The summed E-state index contributed by atoms with van der Waals surface area (Å²) in [6.45, 7) is 0.102. The molecule has 45 heavy (non-hydrogen) atoms. The Morgan fingerprint density at radius 1 is 0.956 bits per heavy atom. The molecule has 2 N–H and O–H groups in total. The minimum Gasteiger partial charge on any atom is -0.496 e. The Morgan fingerprint density at radius 2 is 1.71 bits per heavy atom. The van der Waals surface area contributed by atoms with Crippen molar-refractivity contribution in [1.82, 2.24) is 9.71 Å². The van der Waals surface area contributed by atoms with Crippen molar-refractivity contribution in [3.63, 3.8) is 0 Å². The average Bonchev–Trinajstić information content (AvgIpc) is 3.03. The summed E-state index contributed by atoms with van der Waals surface area (Å²) in [6, 6.07) is 28.1. The molecule has 1 unspecified atom stereocenters. The Bertz CT molecular complexity index is 1980. The quantitative estimate of drug-likeness (QED) is 0.137. The summed E-state index contributed by atoms with van der Waals surface area (Å²) < 4.78 is 34.5. The van der Waals surface area contributed by atoms with Crippen LogP contribution >= 0.6 is 35.0 Å². The number of ether oxygens (including phenoxy) is 1. The number of thioether (sulfide) groups is 1. The fourth-order valence-corrected chi connectivity index (χ4v) is 7.19. The van der Waals surface area contributed by atoms with E-state index in [4.69, 9.17) is 27.9 Å². The summed E-state index contributed by atoms with van der Waals surface area (Å²) >= 11 is 13.6. The highest BCUT2D eigenvalue weighted by molar-refractivity contribution is 7.98. The lowest BCUT2D eigenvalue weighted by Crippen LogP contribution is -2.27.